The zero-order valence-corrected chi connectivity index (χ0v) is 12.9. The normalized spacial score (nSPS) is 11.1. The first-order valence-electron chi connectivity index (χ1n) is 7.12. The Morgan fingerprint density at radius 1 is 1.26 bits per heavy atom. The van der Waals surface area contributed by atoms with E-state index >= 15 is 0 Å². The van der Waals surface area contributed by atoms with Crippen LogP contribution in [0.1, 0.15) is 18.9 Å². The summed E-state index contributed by atoms with van der Waals surface area (Å²) in [6.45, 7) is 3.60. The van der Waals surface area contributed by atoms with E-state index < -0.39 is 11.2 Å². The van der Waals surface area contributed by atoms with Crippen molar-refractivity contribution in [2.75, 3.05) is 5.32 Å². The number of nitrogens with zero attached hydrogens (tertiary/aromatic N) is 3. The Morgan fingerprint density at radius 2 is 1.96 bits per heavy atom. The van der Waals surface area contributed by atoms with Crippen molar-refractivity contribution in [3.8, 4) is 0 Å². The van der Waals surface area contributed by atoms with Crippen LogP contribution >= 0.6 is 0 Å². The van der Waals surface area contributed by atoms with Crippen molar-refractivity contribution in [1.29, 1.82) is 0 Å². The third-order valence-corrected chi connectivity index (χ3v) is 3.64. The number of rotatable bonds is 2. The summed E-state index contributed by atoms with van der Waals surface area (Å²) >= 11 is 0. The van der Waals surface area contributed by atoms with E-state index in [1.165, 1.54) is 7.05 Å². The summed E-state index contributed by atoms with van der Waals surface area (Å²) in [5.41, 5.74) is 1.62. The molecule has 3 aromatic rings. The number of hydrogen-bond donors (Lipinski definition) is 2. The third-order valence-electron chi connectivity index (χ3n) is 3.64. The lowest BCUT2D eigenvalue weighted by Gasteiger charge is -2.09. The average Bonchev–Trinajstić information content (AvgIpc) is 2.52. The second kappa shape index (κ2) is 5.31. The molecule has 0 saturated heterocycles. The Bertz CT molecular complexity index is 1060. The molecule has 23 heavy (non-hydrogen) atoms. The molecule has 0 aliphatic carbocycles. The first-order chi connectivity index (χ1) is 10.9. The van der Waals surface area contributed by atoms with Gasteiger partial charge in [-0.25, -0.2) is 14.8 Å². The number of anilines is 1. The molecule has 2 aromatic heterocycles. The van der Waals surface area contributed by atoms with Gasteiger partial charge < -0.3 is 5.32 Å². The Morgan fingerprint density at radius 3 is 2.65 bits per heavy atom. The van der Waals surface area contributed by atoms with Crippen molar-refractivity contribution in [2.24, 2.45) is 7.05 Å². The van der Waals surface area contributed by atoms with Crippen LogP contribution in [0, 0.1) is 6.92 Å². The van der Waals surface area contributed by atoms with Gasteiger partial charge in [0.25, 0.3) is 5.56 Å². The maximum Gasteiger partial charge on any atom is 0.329 e. The number of hydrogen-bond acceptors (Lipinski definition) is 5. The summed E-state index contributed by atoms with van der Waals surface area (Å²) in [5, 5.41) is 2.79. The van der Waals surface area contributed by atoms with Gasteiger partial charge >= 0.3 is 5.69 Å². The van der Waals surface area contributed by atoms with E-state index in [0.29, 0.717) is 23.1 Å². The maximum atomic E-state index is 12.1. The molecule has 0 saturated carbocycles. The number of aromatic amines is 1. The highest BCUT2D eigenvalue weighted by Gasteiger charge is 2.11. The number of benzene rings is 1. The number of H-pyrrole nitrogens is 1. The second-order valence-corrected chi connectivity index (χ2v) is 5.27. The molecule has 0 aliphatic heterocycles. The molecule has 3 rings (SSSR count). The molecule has 0 unspecified atom stereocenters. The van der Waals surface area contributed by atoms with Gasteiger partial charge in [-0.05, 0) is 24.6 Å². The fourth-order valence-corrected chi connectivity index (χ4v) is 2.25. The Labute approximate surface area is 130 Å². The van der Waals surface area contributed by atoms with E-state index in [2.05, 4.69) is 20.3 Å². The van der Waals surface area contributed by atoms with Crippen molar-refractivity contribution < 1.29 is 4.79 Å². The first kappa shape index (κ1) is 14.9. The van der Waals surface area contributed by atoms with Crippen LogP contribution in [-0.4, -0.2) is 25.4 Å². The molecule has 118 valence electrons. The Hall–Kier alpha value is -3.03. The molecule has 0 bridgehead atoms. The summed E-state index contributed by atoms with van der Waals surface area (Å²) in [6.07, 6.45) is 0.365. The van der Waals surface area contributed by atoms with E-state index in [-0.39, 0.29) is 17.1 Å². The lowest BCUT2D eigenvalue weighted by molar-refractivity contribution is -0.115. The third kappa shape index (κ3) is 2.48. The number of aromatic nitrogens is 4. The van der Waals surface area contributed by atoms with Gasteiger partial charge in [0, 0.05) is 19.2 Å². The van der Waals surface area contributed by atoms with Gasteiger partial charge in [0.2, 0.25) is 5.91 Å². The van der Waals surface area contributed by atoms with Gasteiger partial charge in [-0.1, -0.05) is 6.92 Å². The van der Waals surface area contributed by atoms with Crippen molar-refractivity contribution in [3.05, 3.63) is 38.5 Å². The number of carbonyl (C=O) groups is 1. The quantitative estimate of drug-likeness (QED) is 0.681. The predicted octanol–water partition coefficient (Wildman–Crippen LogP) is 0.827. The second-order valence-electron chi connectivity index (χ2n) is 5.27. The van der Waals surface area contributed by atoms with Crippen molar-refractivity contribution in [2.45, 2.75) is 20.3 Å². The SMILES string of the molecule is CCC(=O)Nc1cc2nc3[nH]c(=O)n(C)c(=O)c3nc2cc1C. The van der Waals surface area contributed by atoms with Crippen LogP contribution in [0.15, 0.2) is 21.7 Å². The largest absolute Gasteiger partial charge is 0.329 e. The monoisotopic (exact) mass is 313 g/mol. The highest BCUT2D eigenvalue weighted by molar-refractivity contribution is 5.95. The predicted molar refractivity (Wildman–Crippen MR) is 86.6 cm³/mol. The lowest BCUT2D eigenvalue weighted by Crippen LogP contribution is -2.33. The van der Waals surface area contributed by atoms with Crippen LogP contribution in [0.2, 0.25) is 0 Å². The molecule has 1 amide bonds. The molecule has 1 aromatic carbocycles. The van der Waals surface area contributed by atoms with Crippen molar-refractivity contribution in [1.82, 2.24) is 19.5 Å². The van der Waals surface area contributed by atoms with Gasteiger partial charge in [-0.3, -0.25) is 19.1 Å². The summed E-state index contributed by atoms with van der Waals surface area (Å²) < 4.78 is 0.950. The van der Waals surface area contributed by atoms with E-state index in [9.17, 15) is 14.4 Å². The van der Waals surface area contributed by atoms with E-state index in [1.54, 1.807) is 19.1 Å². The summed E-state index contributed by atoms with van der Waals surface area (Å²) in [6, 6.07) is 3.43. The van der Waals surface area contributed by atoms with E-state index in [1.807, 2.05) is 6.92 Å². The van der Waals surface area contributed by atoms with Gasteiger partial charge in [0.15, 0.2) is 11.2 Å². The summed E-state index contributed by atoms with van der Waals surface area (Å²) in [5.74, 6) is -0.108. The number of aryl methyl sites for hydroxylation is 1. The van der Waals surface area contributed by atoms with Crippen LogP contribution in [0.25, 0.3) is 22.2 Å². The molecular weight excluding hydrogens is 298 g/mol. The van der Waals surface area contributed by atoms with Crippen LogP contribution < -0.4 is 16.6 Å². The van der Waals surface area contributed by atoms with Gasteiger partial charge in [0.1, 0.15) is 0 Å². The molecule has 8 nitrogen and oxygen atoms in total. The Kier molecular flexibility index (Phi) is 3.44. The minimum atomic E-state index is -0.553. The van der Waals surface area contributed by atoms with E-state index in [4.69, 9.17) is 0 Å². The highest BCUT2D eigenvalue weighted by atomic mass is 16.2. The zero-order valence-electron chi connectivity index (χ0n) is 12.9. The molecule has 2 heterocycles. The van der Waals surface area contributed by atoms with E-state index in [0.717, 1.165) is 10.1 Å². The maximum absolute atomic E-state index is 12.1. The van der Waals surface area contributed by atoms with Crippen LogP contribution in [0.4, 0.5) is 5.69 Å². The van der Waals surface area contributed by atoms with Crippen LogP contribution in [-0.2, 0) is 11.8 Å². The Balaban J connectivity index is 2.30. The number of nitrogens with one attached hydrogen (secondary N) is 2. The first-order valence-corrected chi connectivity index (χ1v) is 7.12. The number of carbonyl (C=O) groups excluding carboxylic acids is 1. The summed E-state index contributed by atoms with van der Waals surface area (Å²) in [7, 11) is 1.38. The van der Waals surface area contributed by atoms with Gasteiger partial charge in [-0.15, -0.1) is 0 Å². The molecule has 2 N–H and O–H groups in total. The molecular formula is C15H15N5O3. The van der Waals surface area contributed by atoms with Crippen LogP contribution in [0.3, 0.4) is 0 Å². The molecule has 0 atom stereocenters. The molecule has 0 spiro atoms. The van der Waals surface area contributed by atoms with Crippen molar-refractivity contribution in [3.63, 3.8) is 0 Å². The molecule has 0 fully saturated rings. The number of fused-ring (bicyclic) bond motifs is 2. The molecule has 8 heteroatoms. The number of amides is 1. The minimum Gasteiger partial charge on any atom is -0.326 e. The summed E-state index contributed by atoms with van der Waals surface area (Å²) in [4.78, 5) is 46.5. The van der Waals surface area contributed by atoms with Gasteiger partial charge in [0.05, 0.1) is 11.0 Å². The van der Waals surface area contributed by atoms with Crippen molar-refractivity contribution >= 4 is 33.8 Å². The zero-order chi connectivity index (χ0) is 16.7. The van der Waals surface area contributed by atoms with Gasteiger partial charge in [-0.2, -0.15) is 0 Å². The lowest BCUT2D eigenvalue weighted by atomic mass is 10.1. The minimum absolute atomic E-state index is 0.101. The smallest absolute Gasteiger partial charge is 0.326 e. The average molecular weight is 313 g/mol. The topological polar surface area (TPSA) is 110 Å². The highest BCUT2D eigenvalue weighted by Crippen LogP contribution is 2.22. The fraction of sp³-hybridized carbons (Fsp3) is 0.267. The fourth-order valence-electron chi connectivity index (χ4n) is 2.25. The van der Waals surface area contributed by atoms with Crippen LogP contribution in [0.5, 0.6) is 0 Å². The standard InChI is InChI=1S/C15H15N5O3/c1-4-11(21)16-8-6-10-9(5-7(8)2)17-12-13(18-10)19-15(23)20(3)14(12)22/h5-6H,4H2,1-3H3,(H,16,21)(H,18,19,23). The molecule has 0 aliphatic rings. The molecule has 0 radical (unpaired) electrons.